The summed E-state index contributed by atoms with van der Waals surface area (Å²) in [5.41, 5.74) is 0. The molecule has 0 heterocycles. The molecule has 0 aromatic heterocycles. The number of halogens is 7. The number of hydrogen-bond acceptors (Lipinski definition) is 2. The molecule has 0 fully saturated rings. The van der Waals surface area contributed by atoms with Crippen molar-refractivity contribution in [1.29, 1.82) is 5.26 Å². The average molecular weight is 223 g/mol. The van der Waals surface area contributed by atoms with Gasteiger partial charge in [0.05, 0.1) is 0 Å². The molecule has 0 aliphatic carbocycles. The van der Waals surface area contributed by atoms with Crippen LogP contribution in [0.3, 0.4) is 0 Å². The van der Waals surface area contributed by atoms with Gasteiger partial charge in [0.25, 0.3) is 0 Å². The van der Waals surface area contributed by atoms with Crippen molar-refractivity contribution in [3.05, 3.63) is 12.1 Å². The highest BCUT2D eigenvalue weighted by molar-refractivity contribution is 5.00. The maximum atomic E-state index is 12.0. The number of hydrogen-bond donors (Lipinski definition) is 0. The lowest BCUT2D eigenvalue weighted by Crippen LogP contribution is -2.41. The van der Waals surface area contributed by atoms with E-state index in [2.05, 4.69) is 4.74 Å². The summed E-state index contributed by atoms with van der Waals surface area (Å²) in [4.78, 5) is 0. The van der Waals surface area contributed by atoms with Gasteiger partial charge in [-0.2, -0.15) is 36.0 Å². The minimum Gasteiger partial charge on any atom is -0.397 e. The van der Waals surface area contributed by atoms with Crippen molar-refractivity contribution >= 4 is 0 Å². The molecule has 80 valence electrons. The molecule has 0 aromatic carbocycles. The maximum Gasteiger partial charge on any atom is 0.481 e. The van der Waals surface area contributed by atoms with E-state index in [1.54, 1.807) is 0 Å². The predicted octanol–water partition coefficient (Wildman–Crippen LogP) is 2.79. The van der Waals surface area contributed by atoms with Crippen LogP contribution in [0, 0.1) is 11.3 Å². The molecule has 0 N–H and O–H groups in total. The minimum atomic E-state index is -5.66. The van der Waals surface area contributed by atoms with E-state index in [1.807, 2.05) is 0 Å². The van der Waals surface area contributed by atoms with E-state index in [1.165, 1.54) is 0 Å². The van der Waals surface area contributed by atoms with Crippen molar-refractivity contribution in [1.82, 2.24) is 0 Å². The zero-order valence-electron chi connectivity index (χ0n) is 6.00. The molecule has 0 radical (unpaired) electrons. The molecule has 0 atom stereocenters. The Balaban J connectivity index is 4.86. The van der Waals surface area contributed by atoms with Crippen LogP contribution in [0.1, 0.15) is 0 Å². The molecule has 0 saturated carbocycles. The van der Waals surface area contributed by atoms with Gasteiger partial charge in [-0.15, -0.1) is 0 Å². The van der Waals surface area contributed by atoms with E-state index in [-0.39, 0.29) is 6.07 Å². The molecule has 14 heavy (non-hydrogen) atoms. The molecule has 0 rings (SSSR count). The van der Waals surface area contributed by atoms with Crippen molar-refractivity contribution in [3.63, 3.8) is 0 Å². The molecule has 0 aliphatic heterocycles. The Morgan fingerprint density at radius 2 is 1.50 bits per heavy atom. The van der Waals surface area contributed by atoms with Crippen molar-refractivity contribution < 1.29 is 35.5 Å². The van der Waals surface area contributed by atoms with Crippen LogP contribution in [0.4, 0.5) is 30.7 Å². The SMILES string of the molecule is N#CC(F)(F)C(F)(F)OC(F)=C(F)F. The fourth-order valence-corrected chi connectivity index (χ4v) is 0.280. The summed E-state index contributed by atoms with van der Waals surface area (Å²) in [6.45, 7) is 0. The quantitative estimate of drug-likeness (QED) is 0.544. The summed E-state index contributed by atoms with van der Waals surface area (Å²) in [5.74, 6) is -5.40. The van der Waals surface area contributed by atoms with Gasteiger partial charge in [0, 0.05) is 0 Å². The second-order valence-electron chi connectivity index (χ2n) is 1.84. The maximum absolute atomic E-state index is 12.0. The van der Waals surface area contributed by atoms with E-state index in [0.29, 0.717) is 0 Å². The van der Waals surface area contributed by atoms with E-state index in [0.717, 1.165) is 0 Å². The zero-order chi connectivity index (χ0) is 11.6. The number of rotatable bonds is 3. The molecule has 0 saturated heterocycles. The van der Waals surface area contributed by atoms with Crippen molar-refractivity contribution in [2.24, 2.45) is 0 Å². The van der Waals surface area contributed by atoms with Crippen LogP contribution in [-0.2, 0) is 4.74 Å². The molecular formula is C5F7NO. The molecule has 2 nitrogen and oxygen atoms in total. The number of nitriles is 1. The number of nitrogens with zero attached hydrogens (tertiary/aromatic N) is 1. The van der Waals surface area contributed by atoms with Crippen molar-refractivity contribution in [2.75, 3.05) is 0 Å². The Morgan fingerprint density at radius 3 is 1.79 bits per heavy atom. The lowest BCUT2D eigenvalue weighted by atomic mass is 10.3. The van der Waals surface area contributed by atoms with Crippen LogP contribution in [-0.4, -0.2) is 12.0 Å². The van der Waals surface area contributed by atoms with E-state index in [4.69, 9.17) is 5.26 Å². The molecular weight excluding hydrogens is 223 g/mol. The first-order chi connectivity index (χ1) is 6.14. The summed E-state index contributed by atoms with van der Waals surface area (Å²) in [6, 6.07) is -3.38. The summed E-state index contributed by atoms with van der Waals surface area (Å²) in [6.07, 6.45) is -8.99. The van der Waals surface area contributed by atoms with E-state index >= 15 is 0 Å². The van der Waals surface area contributed by atoms with Crippen LogP contribution in [0.5, 0.6) is 0 Å². The van der Waals surface area contributed by atoms with Crippen LogP contribution in [0.2, 0.25) is 0 Å². The molecule has 9 heteroatoms. The van der Waals surface area contributed by atoms with Gasteiger partial charge in [-0.25, -0.2) is 0 Å². The monoisotopic (exact) mass is 223 g/mol. The number of alkyl halides is 4. The van der Waals surface area contributed by atoms with Gasteiger partial charge in [-0.3, -0.25) is 0 Å². The highest BCUT2D eigenvalue weighted by Crippen LogP contribution is 2.37. The van der Waals surface area contributed by atoms with Gasteiger partial charge >= 0.3 is 24.1 Å². The van der Waals surface area contributed by atoms with Crippen LogP contribution in [0.25, 0.3) is 0 Å². The zero-order valence-corrected chi connectivity index (χ0v) is 6.00. The normalized spacial score (nSPS) is 11.9. The third-order valence-electron chi connectivity index (χ3n) is 0.872. The largest absolute Gasteiger partial charge is 0.481 e. The Morgan fingerprint density at radius 1 is 1.07 bits per heavy atom. The minimum absolute atomic E-state index is 0.217. The highest BCUT2D eigenvalue weighted by atomic mass is 19.3. The lowest BCUT2D eigenvalue weighted by Gasteiger charge is -2.19. The molecule has 0 unspecified atom stereocenters. The summed E-state index contributed by atoms with van der Waals surface area (Å²) >= 11 is 0. The molecule has 0 bridgehead atoms. The second kappa shape index (κ2) is 3.73. The van der Waals surface area contributed by atoms with E-state index in [9.17, 15) is 30.7 Å². The second-order valence-corrected chi connectivity index (χ2v) is 1.84. The van der Waals surface area contributed by atoms with Gasteiger partial charge in [-0.05, 0) is 0 Å². The van der Waals surface area contributed by atoms with Gasteiger partial charge in [0.1, 0.15) is 6.07 Å². The lowest BCUT2D eigenvalue weighted by molar-refractivity contribution is -0.319. The first-order valence-corrected chi connectivity index (χ1v) is 2.70. The van der Waals surface area contributed by atoms with Gasteiger partial charge < -0.3 is 4.74 Å². The van der Waals surface area contributed by atoms with Gasteiger partial charge in [0.15, 0.2) is 0 Å². The summed E-state index contributed by atoms with van der Waals surface area (Å²) in [7, 11) is 0. The van der Waals surface area contributed by atoms with Crippen LogP contribution in [0.15, 0.2) is 12.1 Å². The molecule has 0 aromatic rings. The first kappa shape index (κ1) is 12.5. The summed E-state index contributed by atoms with van der Waals surface area (Å²) in [5, 5.41) is 7.50. The third kappa shape index (κ3) is 2.51. The van der Waals surface area contributed by atoms with Crippen molar-refractivity contribution in [3.8, 4) is 6.07 Å². The first-order valence-electron chi connectivity index (χ1n) is 2.70. The Hall–Kier alpha value is -1.46. The fraction of sp³-hybridized carbons (Fsp3) is 0.400. The molecule has 0 amide bonds. The fourth-order valence-electron chi connectivity index (χ4n) is 0.280. The van der Waals surface area contributed by atoms with Crippen LogP contribution < -0.4 is 0 Å². The Kier molecular flexibility index (Phi) is 3.34. The highest BCUT2D eigenvalue weighted by Gasteiger charge is 2.61. The Labute approximate surface area is 72.2 Å². The average Bonchev–Trinajstić information content (AvgIpc) is 2.03. The molecule has 0 spiro atoms. The number of ether oxygens (including phenoxy) is 1. The van der Waals surface area contributed by atoms with Gasteiger partial charge in [0.2, 0.25) is 0 Å². The molecule has 0 aliphatic rings. The van der Waals surface area contributed by atoms with E-state index < -0.39 is 24.1 Å². The summed E-state index contributed by atoms with van der Waals surface area (Å²) < 4.78 is 84.1. The standard InChI is InChI=1S/C5F7NO/c6-2(7)3(8)14-5(11,12)4(9,10)1-13. The van der Waals surface area contributed by atoms with Gasteiger partial charge in [-0.1, -0.05) is 0 Å². The van der Waals surface area contributed by atoms with Crippen molar-refractivity contribution in [2.45, 2.75) is 12.0 Å². The Bertz CT molecular complexity index is 287. The topological polar surface area (TPSA) is 33.0 Å². The van der Waals surface area contributed by atoms with Crippen LogP contribution >= 0.6 is 0 Å². The predicted molar refractivity (Wildman–Crippen MR) is 26.9 cm³/mol. The smallest absolute Gasteiger partial charge is 0.397 e. The third-order valence-corrected chi connectivity index (χ3v) is 0.872.